The Labute approximate surface area is 100 Å². The lowest BCUT2D eigenvalue weighted by atomic mass is 9.91. The largest absolute Gasteiger partial charge is 0.384 e. The first-order chi connectivity index (χ1) is 8.10. The number of rotatable bonds is 1. The van der Waals surface area contributed by atoms with E-state index < -0.39 is 5.60 Å². The van der Waals surface area contributed by atoms with Crippen LogP contribution in [0.2, 0.25) is 0 Å². The molecule has 0 aliphatic carbocycles. The molecule has 0 saturated carbocycles. The van der Waals surface area contributed by atoms with Crippen LogP contribution in [-0.4, -0.2) is 31.2 Å². The van der Waals surface area contributed by atoms with Crippen molar-refractivity contribution in [2.45, 2.75) is 18.4 Å². The number of anilines is 1. The molecular formula is C13H16N2O2. The summed E-state index contributed by atoms with van der Waals surface area (Å²) in [6, 6.07) is 5.84. The van der Waals surface area contributed by atoms with Gasteiger partial charge in [-0.25, -0.2) is 0 Å². The van der Waals surface area contributed by atoms with Crippen LogP contribution in [0.3, 0.4) is 0 Å². The minimum absolute atomic E-state index is 0.119. The lowest BCUT2D eigenvalue weighted by Gasteiger charge is -2.22. The monoisotopic (exact) mass is 232 g/mol. The molecule has 2 aliphatic heterocycles. The molecule has 1 fully saturated rings. The molecule has 0 aromatic heterocycles. The highest BCUT2D eigenvalue weighted by Gasteiger charge is 2.34. The first-order valence-electron chi connectivity index (χ1n) is 5.93. The van der Waals surface area contributed by atoms with Gasteiger partial charge in [-0.2, -0.15) is 0 Å². The zero-order valence-electron chi connectivity index (χ0n) is 9.86. The minimum atomic E-state index is -0.765. The van der Waals surface area contributed by atoms with Crippen molar-refractivity contribution < 1.29 is 9.90 Å². The maximum Gasteiger partial charge on any atom is 0.231 e. The highest BCUT2D eigenvalue weighted by atomic mass is 16.3. The van der Waals surface area contributed by atoms with Crippen molar-refractivity contribution in [3.63, 3.8) is 0 Å². The van der Waals surface area contributed by atoms with Gasteiger partial charge >= 0.3 is 0 Å². The number of aliphatic hydroxyl groups is 1. The average molecular weight is 232 g/mol. The molecule has 3 rings (SSSR count). The Morgan fingerprint density at radius 2 is 2.29 bits per heavy atom. The zero-order valence-corrected chi connectivity index (χ0v) is 9.86. The molecule has 2 N–H and O–H groups in total. The van der Waals surface area contributed by atoms with Gasteiger partial charge in [-0.3, -0.25) is 4.79 Å². The summed E-state index contributed by atoms with van der Waals surface area (Å²) in [6.07, 6.45) is 1.18. The Morgan fingerprint density at radius 1 is 1.47 bits per heavy atom. The number of likely N-dealkylation sites (N-methyl/N-ethyl adjacent to an activating group) is 1. The van der Waals surface area contributed by atoms with Crippen LogP contribution in [0.1, 0.15) is 17.5 Å². The van der Waals surface area contributed by atoms with Crippen molar-refractivity contribution in [3.05, 3.63) is 29.3 Å². The lowest BCUT2D eigenvalue weighted by Crippen LogP contribution is -2.28. The molecule has 17 heavy (non-hydrogen) atoms. The van der Waals surface area contributed by atoms with E-state index >= 15 is 0 Å². The molecule has 0 spiro atoms. The molecule has 1 saturated heterocycles. The number of carbonyl (C=O) groups excluding carboxylic acids is 1. The molecule has 2 heterocycles. The molecule has 1 atom stereocenters. The number of nitrogens with one attached hydrogen (secondary N) is 1. The van der Waals surface area contributed by atoms with Crippen molar-refractivity contribution in [2.75, 3.05) is 25.0 Å². The summed E-state index contributed by atoms with van der Waals surface area (Å²) in [5.41, 5.74) is 2.15. The standard InChI is InChI=1S/C13H16N2O2/c1-15-11-3-2-10(6-9(11)7-12(15)16)13(17)4-5-14-8-13/h2-3,6,14,17H,4-5,7-8H2,1H3. The summed E-state index contributed by atoms with van der Waals surface area (Å²) in [5.74, 6) is 0.119. The summed E-state index contributed by atoms with van der Waals surface area (Å²) in [4.78, 5) is 13.3. The van der Waals surface area contributed by atoms with Crippen molar-refractivity contribution in [1.82, 2.24) is 5.32 Å². The maximum atomic E-state index is 11.6. The van der Waals surface area contributed by atoms with E-state index in [1.807, 2.05) is 18.2 Å². The Morgan fingerprint density at radius 3 is 3.00 bits per heavy atom. The van der Waals surface area contributed by atoms with E-state index in [0.29, 0.717) is 13.0 Å². The Hall–Kier alpha value is -1.39. The van der Waals surface area contributed by atoms with Gasteiger partial charge in [0.25, 0.3) is 0 Å². The second kappa shape index (κ2) is 3.55. The van der Waals surface area contributed by atoms with Crippen LogP contribution >= 0.6 is 0 Å². The van der Waals surface area contributed by atoms with Gasteiger partial charge in [-0.05, 0) is 30.2 Å². The first kappa shape index (κ1) is 10.7. The van der Waals surface area contributed by atoms with Gasteiger partial charge in [0, 0.05) is 19.3 Å². The van der Waals surface area contributed by atoms with Crippen LogP contribution < -0.4 is 10.2 Å². The number of benzene rings is 1. The fourth-order valence-electron chi connectivity index (χ4n) is 2.68. The quantitative estimate of drug-likeness (QED) is 0.736. The number of nitrogens with zero attached hydrogens (tertiary/aromatic N) is 1. The smallest absolute Gasteiger partial charge is 0.231 e. The summed E-state index contributed by atoms with van der Waals surface area (Å²) < 4.78 is 0. The fourth-order valence-corrected chi connectivity index (χ4v) is 2.68. The van der Waals surface area contributed by atoms with Gasteiger partial charge in [0.05, 0.1) is 6.42 Å². The highest BCUT2D eigenvalue weighted by Crippen LogP contribution is 2.34. The second-order valence-electron chi connectivity index (χ2n) is 4.93. The van der Waals surface area contributed by atoms with E-state index in [2.05, 4.69) is 5.32 Å². The molecule has 90 valence electrons. The van der Waals surface area contributed by atoms with E-state index in [0.717, 1.165) is 29.8 Å². The molecule has 1 aromatic rings. The van der Waals surface area contributed by atoms with E-state index in [-0.39, 0.29) is 5.91 Å². The number of carbonyl (C=O) groups is 1. The van der Waals surface area contributed by atoms with Crippen molar-refractivity contribution in [3.8, 4) is 0 Å². The van der Waals surface area contributed by atoms with Crippen LogP contribution in [0.4, 0.5) is 5.69 Å². The van der Waals surface area contributed by atoms with Crippen LogP contribution in [0.15, 0.2) is 18.2 Å². The summed E-state index contributed by atoms with van der Waals surface area (Å²) in [6.45, 7) is 1.43. The molecule has 1 aromatic carbocycles. The molecule has 4 nitrogen and oxygen atoms in total. The first-order valence-corrected chi connectivity index (χ1v) is 5.93. The normalized spacial score (nSPS) is 27.6. The predicted octanol–water partition coefficient (Wildman–Crippen LogP) is 0.386. The number of hydrogen-bond donors (Lipinski definition) is 2. The highest BCUT2D eigenvalue weighted by molar-refractivity contribution is 6.00. The van der Waals surface area contributed by atoms with Crippen LogP contribution in [0.5, 0.6) is 0 Å². The summed E-state index contributed by atoms with van der Waals surface area (Å²) in [7, 11) is 1.79. The Balaban J connectivity index is 2.00. The van der Waals surface area contributed by atoms with Gasteiger partial charge in [-0.1, -0.05) is 12.1 Å². The van der Waals surface area contributed by atoms with E-state index in [1.165, 1.54) is 0 Å². The van der Waals surface area contributed by atoms with Crippen LogP contribution in [-0.2, 0) is 16.8 Å². The van der Waals surface area contributed by atoms with Crippen LogP contribution in [0, 0.1) is 0 Å². The van der Waals surface area contributed by atoms with E-state index in [4.69, 9.17) is 0 Å². The number of β-amino-alcohol motifs (C(OH)–C–C–N with tert-alkyl or cyclic N) is 1. The summed E-state index contributed by atoms with van der Waals surface area (Å²) >= 11 is 0. The zero-order chi connectivity index (χ0) is 12.0. The van der Waals surface area contributed by atoms with Gasteiger partial charge in [-0.15, -0.1) is 0 Å². The second-order valence-corrected chi connectivity index (χ2v) is 4.93. The minimum Gasteiger partial charge on any atom is -0.384 e. The maximum absolute atomic E-state index is 11.6. The van der Waals surface area contributed by atoms with E-state index in [1.54, 1.807) is 11.9 Å². The lowest BCUT2D eigenvalue weighted by molar-refractivity contribution is -0.117. The third-order valence-electron chi connectivity index (χ3n) is 3.83. The molecule has 1 amide bonds. The van der Waals surface area contributed by atoms with Gasteiger partial charge in [0.15, 0.2) is 0 Å². The molecule has 1 unspecified atom stereocenters. The fraction of sp³-hybridized carbons (Fsp3) is 0.462. The topological polar surface area (TPSA) is 52.6 Å². The van der Waals surface area contributed by atoms with E-state index in [9.17, 15) is 9.90 Å². The third kappa shape index (κ3) is 1.56. The number of amides is 1. The SMILES string of the molecule is CN1C(=O)Cc2cc(C3(O)CCNC3)ccc21. The van der Waals surface area contributed by atoms with Gasteiger partial charge in [0.1, 0.15) is 5.60 Å². The predicted molar refractivity (Wildman–Crippen MR) is 64.9 cm³/mol. The Kier molecular flexibility index (Phi) is 2.24. The van der Waals surface area contributed by atoms with Crippen molar-refractivity contribution in [1.29, 1.82) is 0 Å². The number of hydrogen-bond acceptors (Lipinski definition) is 3. The Bertz CT molecular complexity index is 478. The van der Waals surface area contributed by atoms with Crippen LogP contribution in [0.25, 0.3) is 0 Å². The number of fused-ring (bicyclic) bond motifs is 1. The van der Waals surface area contributed by atoms with Gasteiger partial charge in [0.2, 0.25) is 5.91 Å². The molecule has 0 radical (unpaired) electrons. The molecule has 0 bridgehead atoms. The average Bonchev–Trinajstić information content (AvgIpc) is 2.86. The molecule has 2 aliphatic rings. The molecular weight excluding hydrogens is 216 g/mol. The third-order valence-corrected chi connectivity index (χ3v) is 3.83. The molecule has 4 heteroatoms. The van der Waals surface area contributed by atoms with Crippen molar-refractivity contribution in [2.24, 2.45) is 0 Å². The van der Waals surface area contributed by atoms with Gasteiger partial charge < -0.3 is 15.3 Å². The van der Waals surface area contributed by atoms with Crippen molar-refractivity contribution >= 4 is 11.6 Å². The summed E-state index contributed by atoms with van der Waals surface area (Å²) in [5, 5.41) is 13.6.